The first kappa shape index (κ1) is 13.7. The fourth-order valence-corrected chi connectivity index (χ4v) is 1.46. The van der Waals surface area contributed by atoms with E-state index in [1.807, 2.05) is 27.7 Å². The summed E-state index contributed by atoms with van der Waals surface area (Å²) in [5.74, 6) is 0.0335. The highest BCUT2D eigenvalue weighted by molar-refractivity contribution is 5.83. The summed E-state index contributed by atoms with van der Waals surface area (Å²) in [6, 6.07) is 0. The summed E-state index contributed by atoms with van der Waals surface area (Å²) in [7, 11) is 1.78. The van der Waals surface area contributed by atoms with Gasteiger partial charge >= 0.3 is 0 Å². The van der Waals surface area contributed by atoms with Crippen LogP contribution in [0.5, 0.6) is 0 Å². The zero-order chi connectivity index (χ0) is 13.3. The average Bonchev–Trinajstić information content (AvgIpc) is 2.67. The van der Waals surface area contributed by atoms with E-state index >= 15 is 0 Å². The first-order chi connectivity index (χ1) is 7.66. The van der Waals surface area contributed by atoms with E-state index in [1.54, 1.807) is 24.3 Å². The molecule has 0 aliphatic carbocycles. The maximum absolute atomic E-state index is 12.4. The summed E-state index contributed by atoms with van der Waals surface area (Å²) in [6.07, 6.45) is 3.49. The molecule has 0 radical (unpaired) electrons. The molecular weight excluding hydrogens is 216 g/mol. The van der Waals surface area contributed by atoms with Crippen molar-refractivity contribution in [2.75, 3.05) is 7.05 Å². The molecular formula is C12H22N4O. The lowest BCUT2D eigenvalue weighted by atomic mass is 9.74. The van der Waals surface area contributed by atoms with Gasteiger partial charge in [-0.2, -0.15) is 5.10 Å². The Kier molecular flexibility index (Phi) is 3.62. The van der Waals surface area contributed by atoms with E-state index in [9.17, 15) is 4.79 Å². The molecule has 96 valence electrons. The quantitative estimate of drug-likeness (QED) is 0.825. The Morgan fingerprint density at radius 3 is 2.47 bits per heavy atom. The van der Waals surface area contributed by atoms with Gasteiger partial charge in [-0.05, 0) is 27.7 Å². The monoisotopic (exact) mass is 238 g/mol. The van der Waals surface area contributed by atoms with Crippen LogP contribution in [0.1, 0.15) is 33.3 Å². The molecule has 0 spiro atoms. The van der Waals surface area contributed by atoms with E-state index in [0.717, 1.165) is 5.56 Å². The largest absolute Gasteiger partial charge is 0.341 e. The number of nitrogens with one attached hydrogen (secondary N) is 1. The Hall–Kier alpha value is -1.36. The third-order valence-electron chi connectivity index (χ3n) is 3.47. The average molecular weight is 238 g/mol. The normalized spacial score (nSPS) is 12.6. The number of H-pyrrole nitrogens is 1. The zero-order valence-electron chi connectivity index (χ0n) is 11.2. The molecule has 0 bridgehead atoms. The molecule has 1 rings (SSSR count). The van der Waals surface area contributed by atoms with Crippen LogP contribution in [0.15, 0.2) is 12.4 Å². The summed E-state index contributed by atoms with van der Waals surface area (Å²) in [5.41, 5.74) is 5.87. The number of carbonyl (C=O) groups excluding carboxylic acids is 1. The highest BCUT2D eigenvalue weighted by Gasteiger charge is 2.41. The molecule has 0 saturated heterocycles. The van der Waals surface area contributed by atoms with E-state index in [1.165, 1.54) is 0 Å². The van der Waals surface area contributed by atoms with Crippen LogP contribution in [0.25, 0.3) is 0 Å². The van der Waals surface area contributed by atoms with Crippen LogP contribution >= 0.6 is 0 Å². The minimum atomic E-state index is -0.606. The number of nitrogens with two attached hydrogens (primary N) is 1. The minimum Gasteiger partial charge on any atom is -0.341 e. The van der Waals surface area contributed by atoms with Crippen molar-refractivity contribution in [2.24, 2.45) is 11.1 Å². The Bertz CT molecular complexity index is 376. The van der Waals surface area contributed by atoms with Gasteiger partial charge in [-0.3, -0.25) is 9.89 Å². The Labute approximate surface area is 102 Å². The summed E-state index contributed by atoms with van der Waals surface area (Å²) in [4.78, 5) is 14.0. The Morgan fingerprint density at radius 1 is 1.47 bits per heavy atom. The van der Waals surface area contributed by atoms with Crippen LogP contribution in [-0.2, 0) is 11.3 Å². The van der Waals surface area contributed by atoms with Crippen molar-refractivity contribution >= 4 is 5.91 Å². The second-order valence-electron chi connectivity index (χ2n) is 5.61. The zero-order valence-corrected chi connectivity index (χ0v) is 11.2. The lowest BCUT2D eigenvalue weighted by Gasteiger charge is -2.39. The molecule has 0 aliphatic rings. The second-order valence-corrected chi connectivity index (χ2v) is 5.61. The predicted octanol–water partition coefficient (Wildman–Crippen LogP) is 1.13. The van der Waals surface area contributed by atoms with E-state index in [4.69, 9.17) is 5.73 Å². The van der Waals surface area contributed by atoms with Gasteiger partial charge in [0.05, 0.1) is 11.6 Å². The van der Waals surface area contributed by atoms with Crippen LogP contribution in [-0.4, -0.2) is 33.6 Å². The summed E-state index contributed by atoms with van der Waals surface area (Å²) in [6.45, 7) is 8.03. The molecule has 0 saturated carbocycles. The smallest absolute Gasteiger partial charge is 0.230 e. The van der Waals surface area contributed by atoms with Gasteiger partial charge < -0.3 is 10.6 Å². The SMILES string of the molecule is CN(Cc1cn[nH]c1)C(=O)C(C)(C)C(C)(C)N. The van der Waals surface area contributed by atoms with Gasteiger partial charge in [0.1, 0.15) is 0 Å². The van der Waals surface area contributed by atoms with Crippen LogP contribution in [0.2, 0.25) is 0 Å². The molecule has 1 aromatic heterocycles. The van der Waals surface area contributed by atoms with Crippen molar-refractivity contribution < 1.29 is 4.79 Å². The number of aromatic amines is 1. The maximum atomic E-state index is 12.4. The number of amides is 1. The maximum Gasteiger partial charge on any atom is 0.230 e. The molecule has 0 fully saturated rings. The molecule has 1 aromatic rings. The molecule has 0 aliphatic heterocycles. The van der Waals surface area contributed by atoms with E-state index in [2.05, 4.69) is 10.2 Å². The van der Waals surface area contributed by atoms with Crippen LogP contribution < -0.4 is 5.73 Å². The molecule has 5 heteroatoms. The number of hydrogen-bond acceptors (Lipinski definition) is 3. The van der Waals surface area contributed by atoms with Crippen molar-refractivity contribution in [1.29, 1.82) is 0 Å². The number of aromatic nitrogens is 2. The number of rotatable bonds is 4. The topological polar surface area (TPSA) is 75.0 Å². The van der Waals surface area contributed by atoms with Gasteiger partial charge in [-0.15, -0.1) is 0 Å². The van der Waals surface area contributed by atoms with Gasteiger partial charge in [-0.1, -0.05) is 0 Å². The molecule has 17 heavy (non-hydrogen) atoms. The van der Waals surface area contributed by atoms with E-state index in [0.29, 0.717) is 6.54 Å². The Morgan fingerprint density at radius 2 is 2.06 bits per heavy atom. The minimum absolute atomic E-state index is 0.0335. The predicted molar refractivity (Wildman–Crippen MR) is 67.1 cm³/mol. The van der Waals surface area contributed by atoms with Gasteiger partial charge in [-0.25, -0.2) is 0 Å². The molecule has 1 amide bonds. The molecule has 1 heterocycles. The van der Waals surface area contributed by atoms with Crippen molar-refractivity contribution in [3.05, 3.63) is 18.0 Å². The van der Waals surface area contributed by atoms with Gasteiger partial charge in [0.25, 0.3) is 0 Å². The van der Waals surface area contributed by atoms with Crippen LogP contribution in [0, 0.1) is 5.41 Å². The molecule has 0 unspecified atom stereocenters. The van der Waals surface area contributed by atoms with E-state index in [-0.39, 0.29) is 5.91 Å². The molecule has 0 aromatic carbocycles. The molecule has 5 nitrogen and oxygen atoms in total. The third kappa shape index (κ3) is 2.85. The highest BCUT2D eigenvalue weighted by atomic mass is 16.2. The molecule has 0 atom stereocenters. The van der Waals surface area contributed by atoms with Crippen molar-refractivity contribution in [3.8, 4) is 0 Å². The van der Waals surface area contributed by atoms with Crippen molar-refractivity contribution in [1.82, 2.24) is 15.1 Å². The number of hydrogen-bond donors (Lipinski definition) is 2. The highest BCUT2D eigenvalue weighted by Crippen LogP contribution is 2.30. The summed E-state index contributed by atoms with van der Waals surface area (Å²) < 4.78 is 0. The van der Waals surface area contributed by atoms with Gasteiger partial charge in [0.2, 0.25) is 5.91 Å². The van der Waals surface area contributed by atoms with Crippen molar-refractivity contribution in [3.63, 3.8) is 0 Å². The first-order valence-corrected chi connectivity index (χ1v) is 5.68. The van der Waals surface area contributed by atoms with Gasteiger partial charge in [0.15, 0.2) is 0 Å². The second kappa shape index (κ2) is 4.49. The lowest BCUT2D eigenvalue weighted by Crippen LogP contribution is -2.55. The van der Waals surface area contributed by atoms with Gasteiger partial charge in [0, 0.05) is 30.9 Å². The fourth-order valence-electron chi connectivity index (χ4n) is 1.46. The fraction of sp³-hybridized carbons (Fsp3) is 0.667. The summed E-state index contributed by atoms with van der Waals surface area (Å²) >= 11 is 0. The number of nitrogens with zero attached hydrogens (tertiary/aromatic N) is 2. The van der Waals surface area contributed by atoms with E-state index < -0.39 is 11.0 Å². The lowest BCUT2D eigenvalue weighted by molar-refractivity contribution is -0.142. The Balaban J connectivity index is 2.76. The molecule has 3 N–H and O–H groups in total. The van der Waals surface area contributed by atoms with Crippen LogP contribution in [0.4, 0.5) is 0 Å². The first-order valence-electron chi connectivity index (χ1n) is 5.68. The standard InChI is InChI=1S/C12H22N4O/c1-11(2,12(3,4)13)10(17)16(5)8-9-6-14-15-7-9/h6-7H,8,13H2,1-5H3,(H,14,15). The third-order valence-corrected chi connectivity index (χ3v) is 3.47. The summed E-state index contributed by atoms with van der Waals surface area (Å²) in [5, 5.41) is 6.59. The van der Waals surface area contributed by atoms with Crippen LogP contribution in [0.3, 0.4) is 0 Å². The van der Waals surface area contributed by atoms with Crippen molar-refractivity contribution in [2.45, 2.75) is 39.8 Å². The number of carbonyl (C=O) groups is 1.